The van der Waals surface area contributed by atoms with Crippen LogP contribution in [0.25, 0.3) is 0 Å². The molecule has 0 atom stereocenters. The third-order valence-corrected chi connectivity index (χ3v) is 3.17. The van der Waals surface area contributed by atoms with Crippen LogP contribution in [0.15, 0.2) is 16.6 Å². The zero-order chi connectivity index (χ0) is 9.14. The molecule has 12 heavy (non-hydrogen) atoms. The van der Waals surface area contributed by atoms with Crippen molar-refractivity contribution in [3.63, 3.8) is 0 Å². The topological polar surface area (TPSA) is 0 Å². The highest BCUT2D eigenvalue weighted by atomic mass is 79.9. The second-order valence-corrected chi connectivity index (χ2v) is 4.00. The number of hydrogen-bond donors (Lipinski definition) is 0. The fourth-order valence-corrected chi connectivity index (χ4v) is 2.43. The highest BCUT2D eigenvalue weighted by Gasteiger charge is 2.07. The Balaban J connectivity index is 3.28. The van der Waals surface area contributed by atoms with Gasteiger partial charge in [0.25, 0.3) is 0 Å². The molecule has 0 nitrogen and oxygen atoms in total. The van der Waals surface area contributed by atoms with E-state index in [-0.39, 0.29) is 0 Å². The van der Waals surface area contributed by atoms with E-state index < -0.39 is 0 Å². The monoisotopic (exact) mass is 266 g/mol. The van der Waals surface area contributed by atoms with Crippen molar-refractivity contribution in [3.05, 3.63) is 32.8 Å². The van der Waals surface area contributed by atoms with Crippen molar-refractivity contribution in [2.45, 2.75) is 19.2 Å². The van der Waals surface area contributed by atoms with Crippen LogP contribution in [0.1, 0.15) is 18.1 Å². The highest BCUT2D eigenvalue weighted by molar-refractivity contribution is 9.10. The normalized spacial score (nSPS) is 10.3. The Hall–Kier alpha value is 0.280. The minimum absolute atomic E-state index is 0.474. The van der Waals surface area contributed by atoms with E-state index in [1.807, 2.05) is 12.1 Å². The SMILES string of the molecule is CCc1c(Br)ccc(Cl)c1CCl. The van der Waals surface area contributed by atoms with Gasteiger partial charge in [-0.05, 0) is 29.7 Å². The van der Waals surface area contributed by atoms with Gasteiger partial charge in [-0.2, -0.15) is 0 Å². The molecule has 0 bridgehead atoms. The maximum atomic E-state index is 5.97. The lowest BCUT2D eigenvalue weighted by molar-refractivity contribution is 1.09. The van der Waals surface area contributed by atoms with Gasteiger partial charge in [0.05, 0.1) is 0 Å². The van der Waals surface area contributed by atoms with Crippen LogP contribution in [0.3, 0.4) is 0 Å². The van der Waals surface area contributed by atoms with Crippen molar-refractivity contribution < 1.29 is 0 Å². The Bertz CT molecular complexity index is 255. The molecule has 0 N–H and O–H groups in total. The first-order chi connectivity index (χ1) is 5.70. The van der Waals surface area contributed by atoms with Gasteiger partial charge >= 0.3 is 0 Å². The maximum Gasteiger partial charge on any atom is 0.0491 e. The summed E-state index contributed by atoms with van der Waals surface area (Å²) >= 11 is 15.2. The van der Waals surface area contributed by atoms with Gasteiger partial charge in [-0.25, -0.2) is 0 Å². The summed E-state index contributed by atoms with van der Waals surface area (Å²) < 4.78 is 1.09. The van der Waals surface area contributed by atoms with Gasteiger partial charge < -0.3 is 0 Å². The molecule has 66 valence electrons. The summed E-state index contributed by atoms with van der Waals surface area (Å²) in [5, 5.41) is 0.755. The predicted octanol–water partition coefficient (Wildman–Crippen LogP) is 4.40. The van der Waals surface area contributed by atoms with E-state index in [4.69, 9.17) is 23.2 Å². The van der Waals surface area contributed by atoms with Crippen molar-refractivity contribution in [1.82, 2.24) is 0 Å². The van der Waals surface area contributed by atoms with Crippen LogP contribution >= 0.6 is 39.1 Å². The second-order valence-electron chi connectivity index (χ2n) is 2.47. The zero-order valence-corrected chi connectivity index (χ0v) is 9.80. The van der Waals surface area contributed by atoms with Crippen LogP contribution in [0, 0.1) is 0 Å². The lowest BCUT2D eigenvalue weighted by Crippen LogP contribution is -1.92. The first-order valence-electron chi connectivity index (χ1n) is 3.72. The van der Waals surface area contributed by atoms with Gasteiger partial charge in [-0.3, -0.25) is 0 Å². The van der Waals surface area contributed by atoms with E-state index in [0.717, 1.165) is 21.5 Å². The molecular formula is C9H9BrCl2. The van der Waals surface area contributed by atoms with Crippen LogP contribution in [-0.2, 0) is 12.3 Å². The molecule has 0 radical (unpaired) electrons. The van der Waals surface area contributed by atoms with Gasteiger partial charge in [0.15, 0.2) is 0 Å². The summed E-state index contributed by atoms with van der Waals surface area (Å²) in [6, 6.07) is 3.82. The van der Waals surface area contributed by atoms with Crippen LogP contribution in [0.2, 0.25) is 5.02 Å². The number of hydrogen-bond acceptors (Lipinski definition) is 0. The fourth-order valence-electron chi connectivity index (χ4n) is 1.16. The van der Waals surface area contributed by atoms with Crippen LogP contribution < -0.4 is 0 Å². The third kappa shape index (κ3) is 1.95. The fraction of sp³-hybridized carbons (Fsp3) is 0.333. The van der Waals surface area contributed by atoms with Gasteiger partial charge in [0.2, 0.25) is 0 Å². The zero-order valence-electron chi connectivity index (χ0n) is 6.70. The van der Waals surface area contributed by atoms with Crippen molar-refractivity contribution in [2.75, 3.05) is 0 Å². The van der Waals surface area contributed by atoms with Gasteiger partial charge in [0, 0.05) is 15.4 Å². The van der Waals surface area contributed by atoms with E-state index in [0.29, 0.717) is 5.88 Å². The Kier molecular flexibility index (Phi) is 3.88. The van der Waals surface area contributed by atoms with Crippen molar-refractivity contribution in [3.8, 4) is 0 Å². The molecule has 1 aromatic rings. The molecule has 0 spiro atoms. The Labute approximate surface area is 91.0 Å². The molecule has 3 heteroatoms. The minimum Gasteiger partial charge on any atom is -0.121 e. The highest BCUT2D eigenvalue weighted by Crippen LogP contribution is 2.28. The summed E-state index contributed by atoms with van der Waals surface area (Å²) in [5.74, 6) is 0.474. The molecule has 0 saturated carbocycles. The molecule has 1 aromatic carbocycles. The van der Waals surface area contributed by atoms with Gasteiger partial charge in [0.1, 0.15) is 0 Å². The molecule has 0 saturated heterocycles. The molecular weight excluding hydrogens is 259 g/mol. The first kappa shape index (κ1) is 10.4. The molecule has 0 aliphatic rings. The summed E-state index contributed by atoms with van der Waals surface area (Å²) in [5.41, 5.74) is 2.24. The largest absolute Gasteiger partial charge is 0.121 e. The van der Waals surface area contributed by atoms with E-state index in [9.17, 15) is 0 Å². The number of halogens is 3. The van der Waals surface area contributed by atoms with Crippen LogP contribution in [-0.4, -0.2) is 0 Å². The molecule has 0 aliphatic heterocycles. The average Bonchev–Trinajstić information content (AvgIpc) is 2.08. The van der Waals surface area contributed by atoms with E-state index in [1.165, 1.54) is 5.56 Å². The van der Waals surface area contributed by atoms with E-state index >= 15 is 0 Å². The van der Waals surface area contributed by atoms with E-state index in [1.54, 1.807) is 0 Å². The summed E-state index contributed by atoms with van der Waals surface area (Å²) in [4.78, 5) is 0. The third-order valence-electron chi connectivity index (χ3n) is 1.80. The Morgan fingerprint density at radius 2 is 2.00 bits per heavy atom. The molecule has 0 amide bonds. The lowest BCUT2D eigenvalue weighted by atomic mass is 10.1. The maximum absolute atomic E-state index is 5.97. The predicted molar refractivity (Wildman–Crippen MR) is 58.1 cm³/mol. The Morgan fingerprint density at radius 1 is 1.33 bits per heavy atom. The molecule has 0 aromatic heterocycles. The van der Waals surface area contributed by atoms with Crippen LogP contribution in [0.4, 0.5) is 0 Å². The standard InChI is InChI=1S/C9H9BrCl2/c1-2-6-7(5-11)9(12)4-3-8(6)10/h3-4H,2,5H2,1H3. The van der Waals surface area contributed by atoms with Gasteiger partial charge in [-0.15, -0.1) is 11.6 Å². The van der Waals surface area contributed by atoms with Crippen molar-refractivity contribution in [1.29, 1.82) is 0 Å². The smallest absolute Gasteiger partial charge is 0.0491 e. The Morgan fingerprint density at radius 3 is 2.42 bits per heavy atom. The molecule has 0 unspecified atom stereocenters. The first-order valence-corrected chi connectivity index (χ1v) is 5.43. The minimum atomic E-state index is 0.474. The summed E-state index contributed by atoms with van der Waals surface area (Å²) in [6.07, 6.45) is 0.948. The number of rotatable bonds is 2. The molecule has 0 aliphatic carbocycles. The van der Waals surface area contributed by atoms with Crippen molar-refractivity contribution >= 4 is 39.1 Å². The number of benzene rings is 1. The average molecular weight is 268 g/mol. The number of alkyl halides is 1. The van der Waals surface area contributed by atoms with Crippen LogP contribution in [0.5, 0.6) is 0 Å². The van der Waals surface area contributed by atoms with Gasteiger partial charge in [-0.1, -0.05) is 34.5 Å². The van der Waals surface area contributed by atoms with Crippen molar-refractivity contribution in [2.24, 2.45) is 0 Å². The molecule has 1 rings (SSSR count). The van der Waals surface area contributed by atoms with E-state index in [2.05, 4.69) is 22.9 Å². The lowest BCUT2D eigenvalue weighted by Gasteiger charge is -2.08. The quantitative estimate of drug-likeness (QED) is 0.697. The summed E-state index contributed by atoms with van der Waals surface area (Å²) in [6.45, 7) is 2.09. The molecule has 0 fully saturated rings. The summed E-state index contributed by atoms with van der Waals surface area (Å²) in [7, 11) is 0. The molecule has 0 heterocycles. The second kappa shape index (κ2) is 4.50.